The Labute approximate surface area is 119 Å². The second kappa shape index (κ2) is 7.32. The normalized spacial score (nSPS) is 10.0. The fourth-order valence-corrected chi connectivity index (χ4v) is 1.92. The number of unbranched alkanes of at least 4 members (excludes halogenated alkanes) is 1. The highest BCUT2D eigenvalue weighted by molar-refractivity contribution is 5.64. The van der Waals surface area contributed by atoms with Gasteiger partial charge in [-0.15, -0.1) is 0 Å². The monoisotopic (exact) mass is 266 g/mol. The standard InChI is InChI=1S/C17H18N2O/c18-11-1-2-12-20-17-9-7-16(8-10-17)15-5-3-14(13-19)4-6-15/h3-10H,1-2,11-12,18H2. The van der Waals surface area contributed by atoms with Gasteiger partial charge in [-0.1, -0.05) is 24.3 Å². The fourth-order valence-electron chi connectivity index (χ4n) is 1.92. The van der Waals surface area contributed by atoms with Crippen LogP contribution in [0.3, 0.4) is 0 Å². The summed E-state index contributed by atoms with van der Waals surface area (Å²) in [5, 5.41) is 8.78. The second-order valence-electron chi connectivity index (χ2n) is 4.56. The third kappa shape index (κ3) is 3.84. The number of ether oxygens (including phenoxy) is 1. The van der Waals surface area contributed by atoms with Crippen LogP contribution in [0.25, 0.3) is 11.1 Å². The van der Waals surface area contributed by atoms with E-state index in [0.717, 1.165) is 29.7 Å². The molecule has 2 N–H and O–H groups in total. The van der Waals surface area contributed by atoms with Crippen molar-refractivity contribution in [3.63, 3.8) is 0 Å². The van der Waals surface area contributed by atoms with Crippen molar-refractivity contribution in [1.29, 1.82) is 5.26 Å². The van der Waals surface area contributed by atoms with E-state index in [9.17, 15) is 0 Å². The molecule has 20 heavy (non-hydrogen) atoms. The van der Waals surface area contributed by atoms with Gasteiger partial charge in [-0.3, -0.25) is 0 Å². The van der Waals surface area contributed by atoms with Crippen molar-refractivity contribution in [2.75, 3.05) is 13.2 Å². The van der Waals surface area contributed by atoms with Crippen molar-refractivity contribution in [3.8, 4) is 22.9 Å². The molecule has 3 nitrogen and oxygen atoms in total. The predicted molar refractivity (Wildman–Crippen MR) is 80.4 cm³/mol. The Balaban J connectivity index is 1.98. The van der Waals surface area contributed by atoms with Crippen molar-refractivity contribution in [3.05, 3.63) is 54.1 Å². The highest BCUT2D eigenvalue weighted by atomic mass is 16.5. The Bertz CT molecular complexity index is 567. The van der Waals surface area contributed by atoms with Gasteiger partial charge in [-0.05, 0) is 54.8 Å². The lowest BCUT2D eigenvalue weighted by atomic mass is 10.0. The zero-order valence-electron chi connectivity index (χ0n) is 11.4. The second-order valence-corrected chi connectivity index (χ2v) is 4.56. The summed E-state index contributed by atoms with van der Waals surface area (Å²) in [7, 11) is 0. The lowest BCUT2D eigenvalue weighted by molar-refractivity contribution is 0.308. The molecule has 2 aromatic carbocycles. The maximum absolute atomic E-state index is 8.78. The average molecular weight is 266 g/mol. The molecule has 0 aliphatic rings. The lowest BCUT2D eigenvalue weighted by Crippen LogP contribution is -2.03. The highest BCUT2D eigenvalue weighted by Crippen LogP contribution is 2.22. The third-order valence-electron chi connectivity index (χ3n) is 3.07. The molecule has 0 bridgehead atoms. The molecule has 0 amide bonds. The molecular weight excluding hydrogens is 248 g/mol. The van der Waals surface area contributed by atoms with Crippen LogP contribution in [-0.4, -0.2) is 13.2 Å². The van der Waals surface area contributed by atoms with Gasteiger partial charge < -0.3 is 10.5 Å². The summed E-state index contributed by atoms with van der Waals surface area (Å²) >= 11 is 0. The number of hydrogen-bond acceptors (Lipinski definition) is 3. The van der Waals surface area contributed by atoms with Crippen LogP contribution in [-0.2, 0) is 0 Å². The Morgan fingerprint density at radius 2 is 1.50 bits per heavy atom. The van der Waals surface area contributed by atoms with Crippen molar-refractivity contribution in [2.45, 2.75) is 12.8 Å². The first-order valence-corrected chi connectivity index (χ1v) is 6.77. The van der Waals surface area contributed by atoms with Crippen LogP contribution in [0.1, 0.15) is 18.4 Å². The van der Waals surface area contributed by atoms with Gasteiger partial charge >= 0.3 is 0 Å². The largest absolute Gasteiger partial charge is 0.494 e. The van der Waals surface area contributed by atoms with Crippen LogP contribution < -0.4 is 10.5 Å². The fraction of sp³-hybridized carbons (Fsp3) is 0.235. The van der Waals surface area contributed by atoms with Gasteiger partial charge in [0.1, 0.15) is 5.75 Å². The molecule has 0 unspecified atom stereocenters. The molecule has 0 saturated heterocycles. The Morgan fingerprint density at radius 3 is 2.05 bits per heavy atom. The van der Waals surface area contributed by atoms with E-state index >= 15 is 0 Å². The first-order chi connectivity index (χ1) is 9.83. The minimum atomic E-state index is 0.675. The number of benzene rings is 2. The van der Waals surface area contributed by atoms with E-state index < -0.39 is 0 Å². The summed E-state index contributed by atoms with van der Waals surface area (Å²) < 4.78 is 5.64. The predicted octanol–water partition coefficient (Wildman–Crippen LogP) is 3.34. The molecular formula is C17H18N2O. The summed E-state index contributed by atoms with van der Waals surface area (Å²) in [4.78, 5) is 0. The van der Waals surface area contributed by atoms with Gasteiger partial charge in [0.2, 0.25) is 0 Å². The third-order valence-corrected chi connectivity index (χ3v) is 3.07. The molecule has 2 rings (SSSR count). The zero-order chi connectivity index (χ0) is 14.2. The number of hydrogen-bond donors (Lipinski definition) is 1. The molecule has 0 spiro atoms. The Morgan fingerprint density at radius 1 is 0.900 bits per heavy atom. The van der Waals surface area contributed by atoms with E-state index in [1.807, 2.05) is 48.5 Å². The summed E-state index contributed by atoms with van der Waals surface area (Å²) in [6.45, 7) is 1.41. The van der Waals surface area contributed by atoms with Crippen molar-refractivity contribution < 1.29 is 4.74 Å². The van der Waals surface area contributed by atoms with Crippen molar-refractivity contribution >= 4 is 0 Å². The van der Waals surface area contributed by atoms with Crippen molar-refractivity contribution in [1.82, 2.24) is 0 Å². The van der Waals surface area contributed by atoms with E-state index in [-0.39, 0.29) is 0 Å². The number of nitrogens with zero attached hydrogens (tertiary/aromatic N) is 1. The minimum absolute atomic E-state index is 0.675. The molecule has 0 fully saturated rings. The summed E-state index contributed by atoms with van der Waals surface area (Å²) in [6, 6.07) is 17.7. The van der Waals surface area contributed by atoms with E-state index in [4.69, 9.17) is 15.7 Å². The van der Waals surface area contributed by atoms with E-state index in [1.54, 1.807) is 0 Å². The van der Waals surface area contributed by atoms with E-state index in [1.165, 1.54) is 0 Å². The molecule has 0 atom stereocenters. The van der Waals surface area contributed by atoms with Crippen LogP contribution in [0.15, 0.2) is 48.5 Å². The summed E-state index contributed by atoms with van der Waals surface area (Å²) in [5.74, 6) is 0.874. The molecule has 0 saturated carbocycles. The van der Waals surface area contributed by atoms with Gasteiger partial charge in [0.25, 0.3) is 0 Å². The van der Waals surface area contributed by atoms with Crippen LogP contribution in [0, 0.1) is 11.3 Å². The number of nitrogens with two attached hydrogens (primary N) is 1. The maximum atomic E-state index is 8.78. The quantitative estimate of drug-likeness (QED) is 0.816. The number of nitriles is 1. The topological polar surface area (TPSA) is 59.0 Å². The van der Waals surface area contributed by atoms with Crippen LogP contribution in [0.2, 0.25) is 0 Å². The average Bonchev–Trinajstić information content (AvgIpc) is 2.52. The van der Waals surface area contributed by atoms with Gasteiger partial charge in [0.15, 0.2) is 0 Å². The van der Waals surface area contributed by atoms with Crippen molar-refractivity contribution in [2.24, 2.45) is 5.73 Å². The first-order valence-electron chi connectivity index (χ1n) is 6.77. The Hall–Kier alpha value is -2.31. The molecule has 3 heteroatoms. The van der Waals surface area contributed by atoms with Gasteiger partial charge in [0.05, 0.1) is 18.2 Å². The smallest absolute Gasteiger partial charge is 0.119 e. The van der Waals surface area contributed by atoms with Crippen LogP contribution in [0.4, 0.5) is 0 Å². The lowest BCUT2D eigenvalue weighted by Gasteiger charge is -2.07. The molecule has 0 aromatic heterocycles. The molecule has 102 valence electrons. The highest BCUT2D eigenvalue weighted by Gasteiger charge is 1.99. The Kier molecular flexibility index (Phi) is 5.16. The van der Waals surface area contributed by atoms with Crippen LogP contribution >= 0.6 is 0 Å². The minimum Gasteiger partial charge on any atom is -0.494 e. The van der Waals surface area contributed by atoms with Crippen LogP contribution in [0.5, 0.6) is 5.75 Å². The molecule has 0 aliphatic heterocycles. The van der Waals surface area contributed by atoms with Gasteiger partial charge in [-0.2, -0.15) is 5.26 Å². The maximum Gasteiger partial charge on any atom is 0.119 e. The summed E-state index contributed by atoms with van der Waals surface area (Å²) in [5.41, 5.74) is 8.32. The SMILES string of the molecule is N#Cc1ccc(-c2ccc(OCCCCN)cc2)cc1. The molecule has 2 aromatic rings. The van der Waals surface area contributed by atoms with E-state index in [0.29, 0.717) is 18.7 Å². The van der Waals surface area contributed by atoms with Gasteiger partial charge in [0, 0.05) is 0 Å². The molecule has 0 heterocycles. The zero-order valence-corrected chi connectivity index (χ0v) is 11.4. The summed E-state index contributed by atoms with van der Waals surface area (Å²) in [6.07, 6.45) is 1.97. The van der Waals surface area contributed by atoms with Gasteiger partial charge in [-0.25, -0.2) is 0 Å². The molecule has 0 radical (unpaired) electrons. The number of rotatable bonds is 6. The molecule has 0 aliphatic carbocycles. The van der Waals surface area contributed by atoms with E-state index in [2.05, 4.69) is 6.07 Å². The first kappa shape index (κ1) is 14.1.